The highest BCUT2D eigenvalue weighted by Crippen LogP contribution is 2.28. The lowest BCUT2D eigenvalue weighted by atomic mass is 10.1. The van der Waals surface area contributed by atoms with E-state index in [1.807, 2.05) is 42.6 Å². The second kappa shape index (κ2) is 3.95. The standard InChI is InChI=1S/C17H11N2/c1-3-7-14-12(5-1)9-10-18-17(14)16-11-13-6-2-4-8-15(13)19-16/h1,3-11,19H. The first kappa shape index (κ1) is 10.3. The van der Waals surface area contributed by atoms with Crippen LogP contribution in [-0.2, 0) is 0 Å². The number of nitrogens with one attached hydrogen (secondary N) is 1. The van der Waals surface area contributed by atoms with Crippen molar-refractivity contribution in [3.8, 4) is 11.4 Å². The third-order valence-electron chi connectivity index (χ3n) is 3.39. The predicted octanol–water partition coefficient (Wildman–Crippen LogP) is 4.18. The van der Waals surface area contributed by atoms with Gasteiger partial charge in [0.15, 0.2) is 0 Å². The van der Waals surface area contributed by atoms with Gasteiger partial charge in [-0.05, 0) is 35.7 Å². The SMILES string of the molecule is [c]1ccc2[nH]c(-c3nccc4ccccc34)cc2c1. The summed E-state index contributed by atoms with van der Waals surface area (Å²) in [6.07, 6.45) is 1.86. The normalized spacial score (nSPS) is 11.2. The molecule has 4 rings (SSSR count). The van der Waals surface area contributed by atoms with E-state index in [-0.39, 0.29) is 0 Å². The Hall–Kier alpha value is -2.61. The van der Waals surface area contributed by atoms with Gasteiger partial charge < -0.3 is 4.98 Å². The van der Waals surface area contributed by atoms with E-state index in [9.17, 15) is 0 Å². The number of nitrogens with zero attached hydrogens (tertiary/aromatic N) is 1. The second-order valence-corrected chi connectivity index (χ2v) is 4.58. The van der Waals surface area contributed by atoms with E-state index >= 15 is 0 Å². The van der Waals surface area contributed by atoms with Crippen molar-refractivity contribution < 1.29 is 0 Å². The summed E-state index contributed by atoms with van der Waals surface area (Å²) in [6, 6.07) is 21.5. The average Bonchev–Trinajstić information content (AvgIpc) is 2.90. The summed E-state index contributed by atoms with van der Waals surface area (Å²) in [6.45, 7) is 0. The molecule has 0 aliphatic heterocycles. The molecule has 0 fully saturated rings. The largest absolute Gasteiger partial charge is 0.353 e. The summed E-state index contributed by atoms with van der Waals surface area (Å²) in [5, 5.41) is 3.53. The Kier molecular flexibility index (Phi) is 2.15. The van der Waals surface area contributed by atoms with Gasteiger partial charge in [0.05, 0.1) is 11.4 Å². The van der Waals surface area contributed by atoms with Gasteiger partial charge in [-0.2, -0.15) is 0 Å². The van der Waals surface area contributed by atoms with Crippen LogP contribution in [0.15, 0.2) is 60.8 Å². The molecular formula is C17H11N2. The van der Waals surface area contributed by atoms with Gasteiger partial charge >= 0.3 is 0 Å². The molecular weight excluding hydrogens is 232 g/mol. The Bertz CT molecular complexity index is 836. The average molecular weight is 243 g/mol. The lowest BCUT2D eigenvalue weighted by Crippen LogP contribution is -1.85. The molecule has 0 saturated carbocycles. The van der Waals surface area contributed by atoms with E-state index in [2.05, 4.69) is 34.2 Å². The number of pyridine rings is 1. The Morgan fingerprint density at radius 3 is 2.89 bits per heavy atom. The van der Waals surface area contributed by atoms with E-state index in [1.54, 1.807) is 0 Å². The molecule has 0 aliphatic carbocycles. The van der Waals surface area contributed by atoms with Crippen molar-refractivity contribution in [2.24, 2.45) is 0 Å². The number of fused-ring (bicyclic) bond motifs is 2. The van der Waals surface area contributed by atoms with E-state index in [1.165, 1.54) is 10.8 Å². The van der Waals surface area contributed by atoms with E-state index in [0.717, 1.165) is 22.3 Å². The Balaban J connectivity index is 2.03. The molecule has 0 bridgehead atoms. The van der Waals surface area contributed by atoms with Crippen molar-refractivity contribution in [3.63, 3.8) is 0 Å². The number of H-pyrrole nitrogens is 1. The smallest absolute Gasteiger partial charge is 0.0942 e. The Labute approximate surface area is 110 Å². The molecule has 4 aromatic rings. The molecule has 2 nitrogen and oxygen atoms in total. The molecule has 0 saturated heterocycles. The summed E-state index contributed by atoms with van der Waals surface area (Å²) in [7, 11) is 0. The van der Waals surface area contributed by atoms with Gasteiger partial charge in [0, 0.05) is 22.5 Å². The van der Waals surface area contributed by atoms with Crippen molar-refractivity contribution in [2.45, 2.75) is 0 Å². The number of hydrogen-bond acceptors (Lipinski definition) is 1. The Morgan fingerprint density at radius 1 is 1.00 bits per heavy atom. The highest BCUT2D eigenvalue weighted by atomic mass is 14.8. The van der Waals surface area contributed by atoms with Gasteiger partial charge in [0.1, 0.15) is 0 Å². The molecule has 0 atom stereocenters. The zero-order valence-electron chi connectivity index (χ0n) is 10.2. The minimum Gasteiger partial charge on any atom is -0.353 e. The molecule has 1 N–H and O–H groups in total. The predicted molar refractivity (Wildman–Crippen MR) is 77.9 cm³/mol. The molecule has 2 heterocycles. The fourth-order valence-electron chi connectivity index (χ4n) is 2.48. The van der Waals surface area contributed by atoms with Crippen LogP contribution in [0.1, 0.15) is 0 Å². The third kappa shape index (κ3) is 1.61. The number of hydrogen-bond donors (Lipinski definition) is 1. The number of aromatic amines is 1. The number of benzene rings is 2. The van der Waals surface area contributed by atoms with Gasteiger partial charge in [0.25, 0.3) is 0 Å². The van der Waals surface area contributed by atoms with Crippen LogP contribution in [0.5, 0.6) is 0 Å². The lowest BCUT2D eigenvalue weighted by molar-refractivity contribution is 1.32. The first-order valence-corrected chi connectivity index (χ1v) is 6.25. The molecule has 1 radical (unpaired) electrons. The maximum absolute atomic E-state index is 4.53. The zero-order chi connectivity index (χ0) is 12.7. The first-order chi connectivity index (χ1) is 9.42. The van der Waals surface area contributed by atoms with Crippen LogP contribution in [0.25, 0.3) is 33.1 Å². The maximum Gasteiger partial charge on any atom is 0.0942 e. The van der Waals surface area contributed by atoms with Crippen LogP contribution in [-0.4, -0.2) is 9.97 Å². The topological polar surface area (TPSA) is 28.7 Å². The van der Waals surface area contributed by atoms with Gasteiger partial charge in [-0.3, -0.25) is 4.98 Å². The Morgan fingerprint density at radius 2 is 1.95 bits per heavy atom. The molecule has 2 heteroatoms. The second-order valence-electron chi connectivity index (χ2n) is 4.58. The number of rotatable bonds is 1. The quantitative estimate of drug-likeness (QED) is 0.533. The monoisotopic (exact) mass is 243 g/mol. The van der Waals surface area contributed by atoms with Crippen molar-refractivity contribution in [3.05, 3.63) is 66.9 Å². The molecule has 19 heavy (non-hydrogen) atoms. The van der Waals surface area contributed by atoms with E-state index in [4.69, 9.17) is 0 Å². The van der Waals surface area contributed by atoms with Crippen molar-refractivity contribution in [2.75, 3.05) is 0 Å². The van der Waals surface area contributed by atoms with Crippen LogP contribution in [0.2, 0.25) is 0 Å². The first-order valence-electron chi connectivity index (χ1n) is 6.25. The van der Waals surface area contributed by atoms with Crippen LogP contribution < -0.4 is 0 Å². The third-order valence-corrected chi connectivity index (χ3v) is 3.39. The summed E-state index contributed by atoms with van der Waals surface area (Å²) < 4.78 is 0. The van der Waals surface area contributed by atoms with Crippen molar-refractivity contribution in [1.82, 2.24) is 9.97 Å². The van der Waals surface area contributed by atoms with Gasteiger partial charge in [-0.25, -0.2) is 0 Å². The highest BCUT2D eigenvalue weighted by molar-refractivity contribution is 5.96. The summed E-state index contributed by atoms with van der Waals surface area (Å²) in [5.41, 5.74) is 3.16. The van der Waals surface area contributed by atoms with Gasteiger partial charge in [-0.1, -0.05) is 30.3 Å². The molecule has 0 amide bonds. The molecule has 2 aromatic heterocycles. The fourth-order valence-corrected chi connectivity index (χ4v) is 2.48. The summed E-state index contributed by atoms with van der Waals surface area (Å²) >= 11 is 0. The summed E-state index contributed by atoms with van der Waals surface area (Å²) in [5.74, 6) is 0. The number of aromatic nitrogens is 2. The zero-order valence-corrected chi connectivity index (χ0v) is 10.2. The molecule has 2 aromatic carbocycles. The molecule has 0 unspecified atom stereocenters. The molecule has 0 spiro atoms. The molecule has 0 aliphatic rings. The molecule has 89 valence electrons. The highest BCUT2D eigenvalue weighted by Gasteiger charge is 2.07. The van der Waals surface area contributed by atoms with Crippen LogP contribution in [0.3, 0.4) is 0 Å². The lowest BCUT2D eigenvalue weighted by Gasteiger charge is -2.02. The van der Waals surface area contributed by atoms with Crippen LogP contribution in [0, 0.1) is 6.07 Å². The maximum atomic E-state index is 4.53. The van der Waals surface area contributed by atoms with E-state index in [0.29, 0.717) is 0 Å². The van der Waals surface area contributed by atoms with Crippen LogP contribution in [0.4, 0.5) is 0 Å². The fraction of sp³-hybridized carbons (Fsp3) is 0. The van der Waals surface area contributed by atoms with Gasteiger partial charge in [0.2, 0.25) is 0 Å². The van der Waals surface area contributed by atoms with Crippen molar-refractivity contribution >= 4 is 21.7 Å². The summed E-state index contributed by atoms with van der Waals surface area (Å²) in [4.78, 5) is 7.95. The van der Waals surface area contributed by atoms with Gasteiger partial charge in [-0.15, -0.1) is 0 Å². The van der Waals surface area contributed by atoms with Crippen molar-refractivity contribution in [1.29, 1.82) is 0 Å². The van der Waals surface area contributed by atoms with E-state index < -0.39 is 0 Å². The minimum absolute atomic E-state index is 0.995. The van der Waals surface area contributed by atoms with Crippen LogP contribution >= 0.6 is 0 Å². The minimum atomic E-state index is 0.995.